The van der Waals surface area contributed by atoms with Crippen molar-refractivity contribution in [3.8, 4) is 0 Å². The molecule has 0 radical (unpaired) electrons. The monoisotopic (exact) mass is 274 g/mol. The molecule has 1 amide bonds. The van der Waals surface area contributed by atoms with Gasteiger partial charge in [-0.3, -0.25) is 19.6 Å². The molecule has 0 aliphatic heterocycles. The van der Waals surface area contributed by atoms with Crippen molar-refractivity contribution < 1.29 is 9.72 Å². The standard InChI is InChI=1S/C13H14N4O3/c1-10-6-8-14-16(10)9-7-13(18)15-11-2-4-12(5-3-11)17(19)20/h2-6,8H,7,9H2,1H3,(H,15,18). The minimum absolute atomic E-state index is 0.00448. The van der Waals surface area contributed by atoms with Crippen LogP contribution in [-0.2, 0) is 11.3 Å². The summed E-state index contributed by atoms with van der Waals surface area (Å²) in [5.41, 5.74) is 1.53. The number of nitrogens with zero attached hydrogens (tertiary/aromatic N) is 3. The third-order valence-corrected chi connectivity index (χ3v) is 2.84. The van der Waals surface area contributed by atoms with E-state index in [2.05, 4.69) is 10.4 Å². The number of benzene rings is 1. The van der Waals surface area contributed by atoms with Crippen molar-refractivity contribution >= 4 is 17.3 Å². The summed E-state index contributed by atoms with van der Waals surface area (Å²) in [5, 5.41) is 17.3. The number of hydrogen-bond acceptors (Lipinski definition) is 4. The summed E-state index contributed by atoms with van der Waals surface area (Å²) in [7, 11) is 0. The summed E-state index contributed by atoms with van der Waals surface area (Å²) < 4.78 is 1.75. The molecule has 0 unspecified atom stereocenters. The Bertz CT molecular complexity index is 619. The Balaban J connectivity index is 1.88. The second-order valence-corrected chi connectivity index (χ2v) is 4.30. The van der Waals surface area contributed by atoms with Crippen molar-refractivity contribution in [3.05, 3.63) is 52.3 Å². The maximum Gasteiger partial charge on any atom is 0.269 e. The van der Waals surface area contributed by atoms with Gasteiger partial charge in [0.05, 0.1) is 4.92 Å². The number of anilines is 1. The Labute approximate surface area is 115 Å². The maximum atomic E-state index is 11.8. The molecule has 1 aromatic heterocycles. The fourth-order valence-corrected chi connectivity index (χ4v) is 1.73. The highest BCUT2D eigenvalue weighted by atomic mass is 16.6. The summed E-state index contributed by atoms with van der Waals surface area (Å²) in [6.45, 7) is 2.42. The largest absolute Gasteiger partial charge is 0.326 e. The number of rotatable bonds is 5. The van der Waals surface area contributed by atoms with Crippen molar-refractivity contribution in [1.29, 1.82) is 0 Å². The van der Waals surface area contributed by atoms with Crippen LogP contribution < -0.4 is 5.32 Å². The van der Waals surface area contributed by atoms with Crippen molar-refractivity contribution in [2.24, 2.45) is 0 Å². The number of amides is 1. The first-order chi connectivity index (χ1) is 9.56. The number of non-ortho nitro benzene ring substituents is 1. The van der Waals surface area contributed by atoms with Gasteiger partial charge in [0, 0.05) is 42.7 Å². The van der Waals surface area contributed by atoms with Gasteiger partial charge in [-0.1, -0.05) is 0 Å². The summed E-state index contributed by atoms with van der Waals surface area (Å²) in [6.07, 6.45) is 1.98. The Morgan fingerprint density at radius 3 is 2.60 bits per heavy atom. The van der Waals surface area contributed by atoms with Gasteiger partial charge < -0.3 is 5.32 Å². The molecule has 1 N–H and O–H groups in total. The topological polar surface area (TPSA) is 90.1 Å². The molecular formula is C13H14N4O3. The lowest BCUT2D eigenvalue weighted by molar-refractivity contribution is -0.384. The number of nitro benzene ring substituents is 1. The highest BCUT2D eigenvalue weighted by Gasteiger charge is 2.07. The summed E-state index contributed by atoms with van der Waals surface area (Å²) in [5.74, 6) is -0.159. The first-order valence-electron chi connectivity index (χ1n) is 6.09. The van der Waals surface area contributed by atoms with Crippen LogP contribution in [0.3, 0.4) is 0 Å². The number of carbonyl (C=O) groups is 1. The minimum Gasteiger partial charge on any atom is -0.326 e. The van der Waals surface area contributed by atoms with Crippen LogP contribution in [0.1, 0.15) is 12.1 Å². The van der Waals surface area contributed by atoms with Crippen LogP contribution in [0, 0.1) is 17.0 Å². The molecule has 20 heavy (non-hydrogen) atoms. The Kier molecular flexibility index (Phi) is 4.09. The third-order valence-electron chi connectivity index (χ3n) is 2.84. The van der Waals surface area contributed by atoms with Crippen LogP contribution in [0.25, 0.3) is 0 Å². The highest BCUT2D eigenvalue weighted by Crippen LogP contribution is 2.15. The molecule has 0 bridgehead atoms. The van der Waals surface area contributed by atoms with Crippen LogP contribution >= 0.6 is 0 Å². The van der Waals surface area contributed by atoms with Gasteiger partial charge in [0.25, 0.3) is 5.69 Å². The zero-order valence-electron chi connectivity index (χ0n) is 10.9. The van der Waals surface area contributed by atoms with Crippen molar-refractivity contribution in [2.75, 3.05) is 5.32 Å². The average Bonchev–Trinajstić information content (AvgIpc) is 2.82. The van der Waals surface area contributed by atoms with E-state index in [-0.39, 0.29) is 11.6 Å². The molecule has 0 spiro atoms. The number of aryl methyl sites for hydroxylation is 2. The van der Waals surface area contributed by atoms with E-state index in [0.717, 1.165) is 5.69 Å². The Morgan fingerprint density at radius 2 is 2.05 bits per heavy atom. The van der Waals surface area contributed by atoms with Crippen molar-refractivity contribution in [3.63, 3.8) is 0 Å². The first kappa shape index (κ1) is 13.7. The van der Waals surface area contributed by atoms with Crippen LogP contribution in [0.15, 0.2) is 36.5 Å². The maximum absolute atomic E-state index is 11.8. The molecule has 0 fully saturated rings. The molecule has 0 saturated carbocycles. The number of hydrogen-bond donors (Lipinski definition) is 1. The zero-order valence-corrected chi connectivity index (χ0v) is 10.9. The lowest BCUT2D eigenvalue weighted by Crippen LogP contribution is -2.15. The van der Waals surface area contributed by atoms with Crippen LogP contribution in [0.2, 0.25) is 0 Å². The molecule has 2 aromatic rings. The van der Waals surface area contributed by atoms with Crippen molar-refractivity contribution in [1.82, 2.24) is 9.78 Å². The van der Waals surface area contributed by atoms with E-state index in [9.17, 15) is 14.9 Å². The zero-order chi connectivity index (χ0) is 14.5. The number of aromatic nitrogens is 2. The van der Waals surface area contributed by atoms with Gasteiger partial charge in [-0.2, -0.15) is 5.10 Å². The predicted molar refractivity (Wildman–Crippen MR) is 73.3 cm³/mol. The first-order valence-corrected chi connectivity index (χ1v) is 6.09. The van der Waals surface area contributed by atoms with E-state index in [4.69, 9.17) is 0 Å². The Hall–Kier alpha value is -2.70. The lowest BCUT2D eigenvalue weighted by atomic mass is 10.2. The molecule has 0 aliphatic rings. The quantitative estimate of drug-likeness (QED) is 0.668. The summed E-state index contributed by atoms with van der Waals surface area (Å²) >= 11 is 0. The smallest absolute Gasteiger partial charge is 0.269 e. The average molecular weight is 274 g/mol. The second-order valence-electron chi connectivity index (χ2n) is 4.30. The van der Waals surface area contributed by atoms with Crippen LogP contribution in [-0.4, -0.2) is 20.6 Å². The molecule has 1 aromatic carbocycles. The van der Waals surface area contributed by atoms with E-state index in [1.807, 2.05) is 13.0 Å². The fraction of sp³-hybridized carbons (Fsp3) is 0.231. The van der Waals surface area contributed by atoms with Crippen LogP contribution in [0.4, 0.5) is 11.4 Å². The normalized spacial score (nSPS) is 10.2. The van der Waals surface area contributed by atoms with Gasteiger partial charge in [0.15, 0.2) is 0 Å². The van der Waals surface area contributed by atoms with E-state index < -0.39 is 4.92 Å². The van der Waals surface area contributed by atoms with Gasteiger partial charge in [-0.15, -0.1) is 0 Å². The molecule has 104 valence electrons. The molecule has 2 rings (SSSR count). The van der Waals surface area contributed by atoms with Gasteiger partial charge in [0.2, 0.25) is 5.91 Å². The van der Waals surface area contributed by atoms with Crippen molar-refractivity contribution in [2.45, 2.75) is 19.9 Å². The number of nitrogens with one attached hydrogen (secondary N) is 1. The molecule has 0 aliphatic carbocycles. The van der Waals surface area contributed by atoms with Gasteiger partial charge in [-0.05, 0) is 25.1 Å². The predicted octanol–water partition coefficient (Wildman–Crippen LogP) is 2.13. The second kappa shape index (κ2) is 5.96. The van der Waals surface area contributed by atoms with Crippen LogP contribution in [0.5, 0.6) is 0 Å². The summed E-state index contributed by atoms with van der Waals surface area (Å²) in [6, 6.07) is 7.60. The molecule has 7 heteroatoms. The lowest BCUT2D eigenvalue weighted by Gasteiger charge is -2.06. The van der Waals surface area contributed by atoms with E-state index in [1.165, 1.54) is 24.3 Å². The number of nitro groups is 1. The summed E-state index contributed by atoms with van der Waals surface area (Å²) in [4.78, 5) is 21.8. The van der Waals surface area contributed by atoms with E-state index in [1.54, 1.807) is 10.9 Å². The molecule has 1 heterocycles. The fourth-order valence-electron chi connectivity index (χ4n) is 1.73. The number of carbonyl (C=O) groups excluding carboxylic acids is 1. The van der Waals surface area contributed by atoms with Gasteiger partial charge in [-0.25, -0.2) is 0 Å². The van der Waals surface area contributed by atoms with E-state index in [0.29, 0.717) is 18.7 Å². The van der Waals surface area contributed by atoms with Gasteiger partial charge in [0.1, 0.15) is 0 Å². The SMILES string of the molecule is Cc1ccnn1CCC(=O)Nc1ccc([N+](=O)[O-])cc1. The molecule has 0 saturated heterocycles. The molecular weight excluding hydrogens is 260 g/mol. The van der Waals surface area contributed by atoms with Gasteiger partial charge >= 0.3 is 0 Å². The Morgan fingerprint density at radius 1 is 1.35 bits per heavy atom. The van der Waals surface area contributed by atoms with E-state index >= 15 is 0 Å². The highest BCUT2D eigenvalue weighted by molar-refractivity contribution is 5.90. The molecule has 7 nitrogen and oxygen atoms in total. The third kappa shape index (κ3) is 3.41. The molecule has 0 atom stereocenters. The minimum atomic E-state index is -0.480.